The van der Waals surface area contributed by atoms with Crippen LogP contribution in [0.1, 0.15) is 16.3 Å². The van der Waals surface area contributed by atoms with E-state index in [1.165, 1.54) is 12.1 Å². The number of benzene rings is 2. The Hall–Kier alpha value is -3.74. The number of ketones is 1. The molecule has 0 aliphatic heterocycles. The van der Waals surface area contributed by atoms with E-state index in [2.05, 4.69) is 9.97 Å². The van der Waals surface area contributed by atoms with Crippen molar-refractivity contribution < 1.29 is 13.9 Å². The van der Waals surface area contributed by atoms with Crippen LogP contribution in [0.2, 0.25) is 0 Å². The van der Waals surface area contributed by atoms with Gasteiger partial charge in [-0.1, -0.05) is 12.1 Å². The van der Waals surface area contributed by atoms with Gasteiger partial charge < -0.3 is 13.9 Å². The van der Waals surface area contributed by atoms with E-state index in [0.717, 1.165) is 11.3 Å². The first-order valence-corrected chi connectivity index (χ1v) is 8.57. The fraction of sp³-hybridized carbons (Fsp3) is 0.0952. The van der Waals surface area contributed by atoms with Crippen molar-refractivity contribution in [2.75, 3.05) is 7.11 Å². The van der Waals surface area contributed by atoms with E-state index in [1.54, 1.807) is 54.3 Å². The van der Waals surface area contributed by atoms with Gasteiger partial charge >= 0.3 is 0 Å². The molecule has 0 N–H and O–H groups in total. The standard InChI is InChI=1S/C21H17FN4O2/c1-25-9-8-23-21(25)20(27)18-12-26(13-24-18)16-5-3-4-14(10-16)17-11-15(22)6-7-19(17)28-2/h3-13H,1-2H3. The Bertz CT molecular complexity index is 1160. The van der Waals surface area contributed by atoms with Crippen LogP contribution in [-0.2, 0) is 7.05 Å². The molecule has 4 rings (SSSR count). The molecule has 0 amide bonds. The van der Waals surface area contributed by atoms with Crippen molar-refractivity contribution in [3.05, 3.63) is 84.7 Å². The molecule has 7 heteroatoms. The third-order valence-electron chi connectivity index (χ3n) is 4.46. The maximum absolute atomic E-state index is 13.7. The summed E-state index contributed by atoms with van der Waals surface area (Å²) in [6.07, 6.45) is 6.50. The molecule has 0 aliphatic rings. The zero-order valence-corrected chi connectivity index (χ0v) is 15.3. The fourth-order valence-corrected chi connectivity index (χ4v) is 3.02. The number of aromatic nitrogens is 4. The molecule has 6 nitrogen and oxygen atoms in total. The van der Waals surface area contributed by atoms with Crippen molar-refractivity contribution in [2.45, 2.75) is 0 Å². The normalized spacial score (nSPS) is 10.8. The van der Waals surface area contributed by atoms with Gasteiger partial charge in [-0.25, -0.2) is 14.4 Å². The quantitative estimate of drug-likeness (QED) is 0.499. The number of hydrogen-bond acceptors (Lipinski definition) is 4. The summed E-state index contributed by atoms with van der Waals surface area (Å²) < 4.78 is 22.5. The summed E-state index contributed by atoms with van der Waals surface area (Å²) in [5, 5.41) is 0. The minimum absolute atomic E-state index is 0.255. The number of rotatable bonds is 5. The molecule has 0 unspecified atom stereocenters. The average molecular weight is 376 g/mol. The Morgan fingerprint density at radius 1 is 1.14 bits per heavy atom. The highest BCUT2D eigenvalue weighted by atomic mass is 19.1. The van der Waals surface area contributed by atoms with Crippen LogP contribution in [0.25, 0.3) is 16.8 Å². The van der Waals surface area contributed by atoms with E-state index in [-0.39, 0.29) is 11.6 Å². The molecular formula is C21H17FN4O2. The third kappa shape index (κ3) is 3.18. The van der Waals surface area contributed by atoms with Gasteiger partial charge in [0.2, 0.25) is 5.78 Å². The number of halogens is 1. The first-order valence-electron chi connectivity index (χ1n) is 8.57. The SMILES string of the molecule is COc1ccc(F)cc1-c1cccc(-n2cnc(C(=O)c3nccn3C)c2)c1. The van der Waals surface area contributed by atoms with E-state index in [0.29, 0.717) is 22.8 Å². The predicted octanol–water partition coefficient (Wildman–Crippen LogP) is 3.65. The summed E-state index contributed by atoms with van der Waals surface area (Å²) in [4.78, 5) is 20.9. The largest absolute Gasteiger partial charge is 0.496 e. The average Bonchev–Trinajstić information content (AvgIpc) is 3.37. The van der Waals surface area contributed by atoms with Gasteiger partial charge in [0, 0.05) is 36.9 Å². The number of nitrogens with zero attached hydrogens (tertiary/aromatic N) is 4. The van der Waals surface area contributed by atoms with E-state index in [4.69, 9.17) is 4.74 Å². The predicted molar refractivity (Wildman–Crippen MR) is 102 cm³/mol. The van der Waals surface area contributed by atoms with Gasteiger partial charge in [-0.3, -0.25) is 4.79 Å². The topological polar surface area (TPSA) is 61.9 Å². The van der Waals surface area contributed by atoms with Gasteiger partial charge in [-0.15, -0.1) is 0 Å². The number of carbonyl (C=O) groups is 1. The molecule has 0 radical (unpaired) electrons. The lowest BCUT2D eigenvalue weighted by atomic mass is 10.0. The maximum atomic E-state index is 13.7. The molecule has 2 aromatic carbocycles. The molecular weight excluding hydrogens is 359 g/mol. The number of hydrogen-bond donors (Lipinski definition) is 0. The van der Waals surface area contributed by atoms with Crippen LogP contribution in [0.3, 0.4) is 0 Å². The van der Waals surface area contributed by atoms with E-state index < -0.39 is 0 Å². The highest BCUT2D eigenvalue weighted by Gasteiger charge is 2.17. The number of methoxy groups -OCH3 is 1. The van der Waals surface area contributed by atoms with Gasteiger partial charge in [-0.05, 0) is 35.9 Å². The molecule has 2 aromatic heterocycles. The molecule has 0 saturated heterocycles. The second-order valence-electron chi connectivity index (χ2n) is 6.25. The van der Waals surface area contributed by atoms with Crippen LogP contribution in [0.15, 0.2) is 67.4 Å². The Kier molecular flexibility index (Phi) is 4.49. The molecule has 0 bridgehead atoms. The van der Waals surface area contributed by atoms with Crippen molar-refractivity contribution in [3.63, 3.8) is 0 Å². The molecule has 2 heterocycles. The molecule has 0 spiro atoms. The van der Waals surface area contributed by atoms with Crippen molar-refractivity contribution in [1.82, 2.24) is 19.1 Å². The molecule has 140 valence electrons. The van der Waals surface area contributed by atoms with E-state index in [1.807, 2.05) is 24.3 Å². The molecule has 0 aliphatic carbocycles. The third-order valence-corrected chi connectivity index (χ3v) is 4.46. The van der Waals surface area contributed by atoms with Crippen molar-refractivity contribution >= 4 is 5.78 Å². The first kappa shape index (κ1) is 17.7. The summed E-state index contributed by atoms with van der Waals surface area (Å²) in [6.45, 7) is 0. The summed E-state index contributed by atoms with van der Waals surface area (Å²) in [5.41, 5.74) is 2.52. The minimum Gasteiger partial charge on any atom is -0.496 e. The Balaban J connectivity index is 1.70. The first-order chi connectivity index (χ1) is 13.6. The summed E-state index contributed by atoms with van der Waals surface area (Å²) in [7, 11) is 3.30. The van der Waals surface area contributed by atoms with Gasteiger partial charge in [0.05, 0.1) is 7.11 Å². The van der Waals surface area contributed by atoms with Crippen molar-refractivity contribution in [3.8, 4) is 22.6 Å². The summed E-state index contributed by atoms with van der Waals surface area (Å²) >= 11 is 0. The van der Waals surface area contributed by atoms with Crippen LogP contribution in [-0.4, -0.2) is 32.0 Å². The minimum atomic E-state index is -0.341. The molecule has 0 saturated carbocycles. The fourth-order valence-electron chi connectivity index (χ4n) is 3.02. The van der Waals surface area contributed by atoms with Gasteiger partial charge in [0.25, 0.3) is 0 Å². The molecule has 4 aromatic rings. The number of carbonyl (C=O) groups excluding carboxylic acids is 1. The van der Waals surface area contributed by atoms with Crippen LogP contribution in [0.4, 0.5) is 4.39 Å². The molecule has 0 atom stereocenters. The molecule has 0 fully saturated rings. The molecule has 28 heavy (non-hydrogen) atoms. The monoisotopic (exact) mass is 376 g/mol. The second kappa shape index (κ2) is 7.11. The number of aryl methyl sites for hydroxylation is 1. The van der Waals surface area contributed by atoms with Gasteiger partial charge in [-0.2, -0.15) is 0 Å². The van der Waals surface area contributed by atoms with E-state index in [9.17, 15) is 9.18 Å². The lowest BCUT2D eigenvalue weighted by Gasteiger charge is -2.10. The highest BCUT2D eigenvalue weighted by molar-refractivity contribution is 6.05. The van der Waals surface area contributed by atoms with Crippen molar-refractivity contribution in [1.29, 1.82) is 0 Å². The van der Waals surface area contributed by atoms with Crippen LogP contribution >= 0.6 is 0 Å². The Morgan fingerprint density at radius 3 is 2.75 bits per heavy atom. The zero-order chi connectivity index (χ0) is 19.7. The van der Waals surface area contributed by atoms with Gasteiger partial charge in [0.15, 0.2) is 5.82 Å². The zero-order valence-electron chi connectivity index (χ0n) is 15.3. The Labute approximate surface area is 160 Å². The number of ether oxygens (including phenoxy) is 1. The van der Waals surface area contributed by atoms with Crippen LogP contribution < -0.4 is 4.74 Å². The van der Waals surface area contributed by atoms with Gasteiger partial charge in [0.1, 0.15) is 23.6 Å². The maximum Gasteiger partial charge on any atom is 0.248 e. The summed E-state index contributed by atoms with van der Waals surface area (Å²) in [6, 6.07) is 11.9. The van der Waals surface area contributed by atoms with E-state index >= 15 is 0 Å². The van der Waals surface area contributed by atoms with Crippen molar-refractivity contribution in [2.24, 2.45) is 7.05 Å². The Morgan fingerprint density at radius 2 is 2.00 bits per heavy atom. The second-order valence-corrected chi connectivity index (χ2v) is 6.25. The highest BCUT2D eigenvalue weighted by Crippen LogP contribution is 2.31. The number of imidazole rings is 2. The van der Waals surface area contributed by atoms with Crippen LogP contribution in [0.5, 0.6) is 5.75 Å². The smallest absolute Gasteiger partial charge is 0.248 e. The lowest BCUT2D eigenvalue weighted by Crippen LogP contribution is -2.09. The lowest BCUT2D eigenvalue weighted by molar-refractivity contribution is 0.102. The summed E-state index contributed by atoms with van der Waals surface area (Å²) in [5.74, 6) is 0.305. The van der Waals surface area contributed by atoms with Crippen LogP contribution in [0, 0.1) is 5.82 Å².